The van der Waals surface area contributed by atoms with E-state index in [4.69, 9.17) is 40.0 Å². The summed E-state index contributed by atoms with van der Waals surface area (Å²) in [6.45, 7) is 1.59. The quantitative estimate of drug-likeness (QED) is 0.170. The lowest BCUT2D eigenvalue weighted by molar-refractivity contribution is 0.216. The van der Waals surface area contributed by atoms with Gasteiger partial charge in [-0.2, -0.15) is 0 Å². The van der Waals surface area contributed by atoms with Crippen molar-refractivity contribution < 1.29 is 32.8 Å². The van der Waals surface area contributed by atoms with E-state index in [2.05, 4.69) is 54.2 Å². The van der Waals surface area contributed by atoms with Crippen LogP contribution in [-0.2, 0) is 32.3 Å². The van der Waals surface area contributed by atoms with E-state index in [-0.39, 0.29) is 29.3 Å². The highest BCUT2D eigenvalue weighted by Crippen LogP contribution is 2.52. The predicted molar refractivity (Wildman–Crippen MR) is 207 cm³/mol. The third kappa shape index (κ3) is 6.81. The summed E-state index contributed by atoms with van der Waals surface area (Å²) in [6, 6.07) is 25.2. The van der Waals surface area contributed by atoms with Gasteiger partial charge in [0.15, 0.2) is 34.5 Å². The third-order valence-electron chi connectivity index (χ3n) is 11.1. The second-order valence-electron chi connectivity index (χ2n) is 14.2. The van der Waals surface area contributed by atoms with Gasteiger partial charge in [-0.3, -0.25) is 9.80 Å². The predicted octanol–water partition coefficient (Wildman–Crippen LogP) is 9.53. The zero-order chi connectivity index (χ0) is 37.5. The largest absolute Gasteiger partial charge is 0.493 e. The van der Waals surface area contributed by atoms with Crippen molar-refractivity contribution in [1.82, 2.24) is 9.80 Å². The molecule has 0 amide bonds. The molecule has 4 aliphatic rings. The molecule has 0 aliphatic carbocycles. The lowest BCUT2D eigenvalue weighted by Crippen LogP contribution is -2.34. The number of benzene rings is 5. The summed E-state index contributed by atoms with van der Waals surface area (Å²) in [5, 5.41) is 0.277. The van der Waals surface area contributed by atoms with Crippen LogP contribution in [0.2, 0.25) is 5.02 Å². The van der Waals surface area contributed by atoms with Crippen LogP contribution in [0.3, 0.4) is 0 Å². The van der Waals surface area contributed by atoms with E-state index < -0.39 is 5.82 Å². The van der Waals surface area contributed by atoms with Gasteiger partial charge in [0.2, 0.25) is 5.75 Å². The maximum Gasteiger partial charge on any atom is 0.204 e. The summed E-state index contributed by atoms with van der Waals surface area (Å²) >= 11 is 6.49. The molecule has 54 heavy (non-hydrogen) atoms. The Morgan fingerprint density at radius 2 is 1.39 bits per heavy atom. The first-order chi connectivity index (χ1) is 26.2. The fourth-order valence-electron chi connectivity index (χ4n) is 8.03. The van der Waals surface area contributed by atoms with E-state index in [0.717, 1.165) is 54.8 Å². The van der Waals surface area contributed by atoms with Crippen molar-refractivity contribution in [1.29, 1.82) is 0 Å². The maximum absolute atomic E-state index is 15.1. The van der Waals surface area contributed by atoms with E-state index in [9.17, 15) is 0 Å². The average molecular weight is 751 g/mol. The van der Waals surface area contributed by atoms with Crippen molar-refractivity contribution in [2.24, 2.45) is 0 Å². The molecule has 2 atom stereocenters. The van der Waals surface area contributed by atoms with E-state index in [1.165, 1.54) is 22.8 Å². The third-order valence-corrected chi connectivity index (χ3v) is 11.4. The Labute approximate surface area is 320 Å². The number of hydrogen-bond donors (Lipinski definition) is 0. The Morgan fingerprint density at radius 3 is 2.13 bits per heavy atom. The van der Waals surface area contributed by atoms with Gasteiger partial charge in [0.25, 0.3) is 0 Å². The van der Waals surface area contributed by atoms with Crippen molar-refractivity contribution in [2.45, 2.75) is 44.4 Å². The fourth-order valence-corrected chi connectivity index (χ4v) is 8.25. The van der Waals surface area contributed by atoms with E-state index in [1.807, 2.05) is 30.3 Å². The number of ether oxygens (including phenoxy) is 6. The zero-order valence-electron chi connectivity index (χ0n) is 31.2. The molecule has 10 heteroatoms. The fraction of sp³-hybridized carbons (Fsp3) is 0.318. The minimum Gasteiger partial charge on any atom is -0.493 e. The molecule has 0 saturated carbocycles. The summed E-state index contributed by atoms with van der Waals surface area (Å²) < 4.78 is 53.1. The first-order valence-electron chi connectivity index (χ1n) is 18.3. The van der Waals surface area contributed by atoms with Gasteiger partial charge < -0.3 is 28.4 Å². The van der Waals surface area contributed by atoms with Crippen LogP contribution >= 0.6 is 11.6 Å². The molecule has 8 nitrogen and oxygen atoms in total. The van der Waals surface area contributed by atoms with Crippen molar-refractivity contribution >= 4 is 11.6 Å². The number of hydrogen-bond acceptors (Lipinski definition) is 8. The first-order valence-corrected chi connectivity index (χ1v) is 18.6. The molecule has 280 valence electrons. The van der Waals surface area contributed by atoms with Crippen molar-refractivity contribution in [3.8, 4) is 46.0 Å². The molecule has 6 bridgehead atoms. The van der Waals surface area contributed by atoms with Gasteiger partial charge in [-0.05, 0) is 122 Å². The molecule has 0 saturated heterocycles. The lowest BCUT2D eigenvalue weighted by atomic mass is 9.87. The molecule has 5 aromatic rings. The zero-order valence-corrected chi connectivity index (χ0v) is 32.0. The van der Waals surface area contributed by atoms with Crippen molar-refractivity contribution in [2.75, 3.05) is 48.5 Å². The Bertz CT molecular complexity index is 2170. The Hall–Kier alpha value is -4.96. The van der Waals surface area contributed by atoms with E-state index in [0.29, 0.717) is 46.7 Å². The Balaban J connectivity index is 1.35. The summed E-state index contributed by atoms with van der Waals surface area (Å²) in [4.78, 5) is 4.72. The second kappa shape index (κ2) is 15.1. The number of nitrogens with zero attached hydrogens (tertiary/aromatic N) is 2. The molecular weight excluding hydrogens is 707 g/mol. The minimum atomic E-state index is -0.453. The number of likely N-dealkylation sites (N-methyl/N-ethyl adjacent to an activating group) is 2. The van der Waals surface area contributed by atoms with Crippen LogP contribution < -0.4 is 28.4 Å². The molecule has 4 heterocycles. The van der Waals surface area contributed by atoms with Crippen molar-refractivity contribution in [3.63, 3.8) is 0 Å². The Morgan fingerprint density at radius 1 is 0.722 bits per heavy atom. The van der Waals surface area contributed by atoms with Crippen molar-refractivity contribution in [3.05, 3.63) is 129 Å². The SMILES string of the molecule is COc1ccc2cc1Oc1ccc(cc1)CC1c3cc(c(OC)cc3CCN1C)Oc1c(OCc3c(F)cccc3Cl)c(OC)cc3c1C(C2)N(C)CC3. The molecule has 0 fully saturated rings. The summed E-state index contributed by atoms with van der Waals surface area (Å²) in [5.41, 5.74) is 6.91. The molecule has 4 aliphatic heterocycles. The minimum absolute atomic E-state index is 0.0847. The van der Waals surface area contributed by atoms with Crippen LogP contribution in [0.25, 0.3) is 0 Å². The van der Waals surface area contributed by atoms with Gasteiger partial charge in [-0.1, -0.05) is 35.9 Å². The van der Waals surface area contributed by atoms with E-state index >= 15 is 4.39 Å². The molecule has 9 rings (SSSR count). The molecule has 0 radical (unpaired) electrons. The van der Waals surface area contributed by atoms with Gasteiger partial charge in [-0.25, -0.2) is 4.39 Å². The molecule has 0 aromatic heterocycles. The summed E-state index contributed by atoms with van der Waals surface area (Å²) in [5.74, 6) is 4.08. The second-order valence-corrected chi connectivity index (χ2v) is 14.6. The molecular formula is C44H44ClFN2O6. The highest BCUT2D eigenvalue weighted by atomic mass is 35.5. The monoisotopic (exact) mass is 750 g/mol. The lowest BCUT2D eigenvalue weighted by Gasteiger charge is -2.37. The maximum atomic E-state index is 15.1. The number of methoxy groups -OCH3 is 3. The van der Waals surface area contributed by atoms with Gasteiger partial charge >= 0.3 is 0 Å². The standard InChI is InChI=1S/C44H44ClFN2O6/c1-47-17-15-28-22-38(50-4)40-24-31(28)35(47)19-26-9-12-30(13-10-26)53-39-21-27(11-14-37(39)49-3)20-36-42-29(16-18-48(36)2)23-41(51-5)43(44(42)54-40)52-25-32-33(45)7-6-8-34(32)46/h6-14,21-24,35-36H,15-20,25H2,1-5H3. The van der Waals surface area contributed by atoms with Crippen LogP contribution in [0.5, 0.6) is 46.0 Å². The molecule has 5 aromatic carbocycles. The van der Waals surface area contributed by atoms with E-state index in [1.54, 1.807) is 33.5 Å². The number of rotatable bonds is 6. The van der Waals surface area contributed by atoms with Gasteiger partial charge in [0.05, 0.1) is 26.4 Å². The van der Waals surface area contributed by atoms with Crippen LogP contribution in [0.15, 0.2) is 78.9 Å². The van der Waals surface area contributed by atoms with Gasteiger partial charge in [0, 0.05) is 36.3 Å². The highest BCUT2D eigenvalue weighted by molar-refractivity contribution is 6.31. The van der Waals surface area contributed by atoms with Crippen LogP contribution in [0, 0.1) is 5.82 Å². The summed E-state index contributed by atoms with van der Waals surface area (Å²) in [6.07, 6.45) is 3.05. The first kappa shape index (κ1) is 36.0. The normalized spacial score (nSPS) is 18.1. The van der Waals surface area contributed by atoms with Gasteiger partial charge in [-0.15, -0.1) is 0 Å². The van der Waals surface area contributed by atoms with Crippen LogP contribution in [-0.4, -0.2) is 58.3 Å². The Kier molecular flexibility index (Phi) is 10.0. The number of halogens is 2. The molecule has 2 unspecified atom stereocenters. The summed E-state index contributed by atoms with van der Waals surface area (Å²) in [7, 11) is 9.21. The number of fused-ring (bicyclic) bond motifs is 2. The molecule has 0 N–H and O–H groups in total. The topological polar surface area (TPSA) is 61.9 Å². The van der Waals surface area contributed by atoms with Crippen LogP contribution in [0.4, 0.5) is 4.39 Å². The smallest absolute Gasteiger partial charge is 0.204 e. The van der Waals surface area contributed by atoms with Crippen LogP contribution in [0.1, 0.15) is 51.0 Å². The van der Waals surface area contributed by atoms with Gasteiger partial charge in [0.1, 0.15) is 18.2 Å². The highest BCUT2D eigenvalue weighted by Gasteiger charge is 2.35. The average Bonchev–Trinajstić information content (AvgIpc) is 3.17. The molecule has 0 spiro atoms.